The molecule has 0 unspecified atom stereocenters. The van der Waals surface area contributed by atoms with E-state index in [0.717, 1.165) is 5.56 Å². The summed E-state index contributed by atoms with van der Waals surface area (Å²) in [5, 5.41) is 7.51. The third-order valence-electron chi connectivity index (χ3n) is 3.14. The van der Waals surface area contributed by atoms with Crippen LogP contribution >= 0.6 is 34.8 Å². The third-order valence-corrected chi connectivity index (χ3v) is 3.94. The van der Waals surface area contributed by atoms with Gasteiger partial charge >= 0.3 is 0 Å². The highest BCUT2D eigenvalue weighted by atomic mass is 35.5. The van der Waals surface area contributed by atoms with E-state index in [4.69, 9.17) is 34.8 Å². The minimum atomic E-state index is -0.176. The highest BCUT2D eigenvalue weighted by Crippen LogP contribution is 2.25. The molecule has 22 heavy (non-hydrogen) atoms. The molecule has 1 amide bonds. The van der Waals surface area contributed by atoms with Crippen LogP contribution in [0.3, 0.4) is 0 Å². The van der Waals surface area contributed by atoms with Crippen molar-refractivity contribution in [3.63, 3.8) is 0 Å². The van der Waals surface area contributed by atoms with Gasteiger partial charge in [0.1, 0.15) is 0 Å². The minimum Gasteiger partial charge on any atom is -0.324 e. The van der Waals surface area contributed by atoms with Gasteiger partial charge < -0.3 is 10.6 Å². The van der Waals surface area contributed by atoms with E-state index >= 15 is 0 Å². The van der Waals surface area contributed by atoms with Crippen LogP contribution in [0, 0.1) is 0 Å². The average molecular weight is 358 g/mol. The van der Waals surface area contributed by atoms with Crippen molar-refractivity contribution in [2.24, 2.45) is 0 Å². The molecule has 0 aromatic heterocycles. The summed E-state index contributed by atoms with van der Waals surface area (Å²) >= 11 is 17.7. The molecule has 3 nitrogen and oxygen atoms in total. The molecule has 0 saturated carbocycles. The minimum absolute atomic E-state index is 0.0312. The molecule has 0 radical (unpaired) electrons. The first kappa shape index (κ1) is 17.1. The fourth-order valence-electron chi connectivity index (χ4n) is 1.90. The maximum Gasteiger partial charge on any atom is 0.238 e. The van der Waals surface area contributed by atoms with Crippen molar-refractivity contribution in [2.75, 3.05) is 11.9 Å². The molecule has 2 aromatic rings. The topological polar surface area (TPSA) is 41.1 Å². The first-order chi connectivity index (χ1) is 10.5. The maximum absolute atomic E-state index is 12.0. The van der Waals surface area contributed by atoms with Gasteiger partial charge in [0.05, 0.1) is 17.3 Å². The Labute approximate surface area is 144 Å². The van der Waals surface area contributed by atoms with Crippen LogP contribution in [-0.4, -0.2) is 12.5 Å². The van der Waals surface area contributed by atoms with Crippen LogP contribution in [0.4, 0.5) is 5.69 Å². The normalized spacial score (nSPS) is 12.0. The lowest BCUT2D eigenvalue weighted by atomic mass is 10.1. The van der Waals surface area contributed by atoms with E-state index in [0.29, 0.717) is 20.8 Å². The molecular formula is C16H15Cl3N2O. The summed E-state index contributed by atoms with van der Waals surface area (Å²) in [7, 11) is 0. The predicted molar refractivity (Wildman–Crippen MR) is 93.0 cm³/mol. The van der Waals surface area contributed by atoms with E-state index in [-0.39, 0.29) is 18.5 Å². The van der Waals surface area contributed by atoms with Crippen molar-refractivity contribution in [1.82, 2.24) is 5.32 Å². The van der Waals surface area contributed by atoms with E-state index in [2.05, 4.69) is 10.6 Å². The molecule has 0 heterocycles. The van der Waals surface area contributed by atoms with Crippen LogP contribution in [0.2, 0.25) is 15.1 Å². The van der Waals surface area contributed by atoms with E-state index in [1.165, 1.54) is 0 Å². The molecule has 0 bridgehead atoms. The van der Waals surface area contributed by atoms with Gasteiger partial charge in [-0.25, -0.2) is 0 Å². The summed E-state index contributed by atoms with van der Waals surface area (Å²) < 4.78 is 0. The van der Waals surface area contributed by atoms with Gasteiger partial charge in [0, 0.05) is 16.1 Å². The number of anilines is 1. The third kappa shape index (κ3) is 4.89. The van der Waals surface area contributed by atoms with Crippen LogP contribution in [0.1, 0.15) is 18.5 Å². The zero-order valence-electron chi connectivity index (χ0n) is 11.9. The Hall–Kier alpha value is -1.26. The second kappa shape index (κ2) is 7.84. The van der Waals surface area contributed by atoms with Crippen molar-refractivity contribution < 1.29 is 4.79 Å². The summed E-state index contributed by atoms with van der Waals surface area (Å²) in [6.07, 6.45) is 0. The molecule has 2 rings (SSSR count). The number of benzene rings is 2. The Morgan fingerprint density at radius 1 is 1.05 bits per heavy atom. The fraction of sp³-hybridized carbons (Fsp3) is 0.188. The smallest absolute Gasteiger partial charge is 0.238 e. The van der Waals surface area contributed by atoms with Gasteiger partial charge in [-0.1, -0.05) is 46.9 Å². The van der Waals surface area contributed by atoms with Gasteiger partial charge in [-0.05, 0) is 42.8 Å². The van der Waals surface area contributed by atoms with Crippen LogP contribution in [-0.2, 0) is 4.79 Å². The van der Waals surface area contributed by atoms with E-state index < -0.39 is 0 Å². The fourth-order valence-corrected chi connectivity index (χ4v) is 2.48. The second-order valence-corrected chi connectivity index (χ2v) is 6.11. The summed E-state index contributed by atoms with van der Waals surface area (Å²) in [5.41, 5.74) is 1.60. The Morgan fingerprint density at radius 2 is 1.68 bits per heavy atom. The molecule has 2 aromatic carbocycles. The zero-order valence-corrected chi connectivity index (χ0v) is 14.1. The average Bonchev–Trinajstić information content (AvgIpc) is 2.48. The molecule has 0 aliphatic heterocycles. The number of hydrogen-bond donors (Lipinski definition) is 2. The first-order valence-electron chi connectivity index (χ1n) is 6.69. The lowest BCUT2D eigenvalue weighted by Crippen LogP contribution is -2.30. The molecule has 0 fully saturated rings. The number of hydrogen-bond acceptors (Lipinski definition) is 2. The molecule has 2 N–H and O–H groups in total. The number of rotatable bonds is 5. The lowest BCUT2D eigenvalue weighted by molar-refractivity contribution is -0.115. The van der Waals surface area contributed by atoms with E-state index in [1.807, 2.05) is 31.2 Å². The van der Waals surface area contributed by atoms with Crippen molar-refractivity contribution >= 4 is 46.4 Å². The Bertz CT molecular complexity index is 659. The highest BCUT2D eigenvalue weighted by molar-refractivity contribution is 6.36. The molecule has 0 aliphatic carbocycles. The summed E-state index contributed by atoms with van der Waals surface area (Å²) in [6.45, 7) is 2.15. The van der Waals surface area contributed by atoms with Crippen LogP contribution in [0.25, 0.3) is 0 Å². The Kier molecular flexibility index (Phi) is 6.09. The van der Waals surface area contributed by atoms with Crippen molar-refractivity contribution in [3.05, 3.63) is 63.1 Å². The van der Waals surface area contributed by atoms with Crippen molar-refractivity contribution in [3.8, 4) is 0 Å². The summed E-state index contributed by atoms with van der Waals surface area (Å²) in [5.74, 6) is -0.176. The first-order valence-corrected chi connectivity index (χ1v) is 7.83. The van der Waals surface area contributed by atoms with E-state index in [1.54, 1.807) is 18.2 Å². The van der Waals surface area contributed by atoms with Gasteiger partial charge in [0.15, 0.2) is 0 Å². The van der Waals surface area contributed by atoms with Gasteiger partial charge in [0.25, 0.3) is 0 Å². The monoisotopic (exact) mass is 356 g/mol. The maximum atomic E-state index is 12.0. The Balaban J connectivity index is 1.88. The second-order valence-electron chi connectivity index (χ2n) is 4.83. The molecule has 0 saturated heterocycles. The zero-order chi connectivity index (χ0) is 16.1. The molecule has 1 atom stereocenters. The van der Waals surface area contributed by atoms with Crippen molar-refractivity contribution in [2.45, 2.75) is 13.0 Å². The number of nitrogens with one attached hydrogen (secondary N) is 2. The quantitative estimate of drug-likeness (QED) is 0.796. The molecule has 0 spiro atoms. The molecule has 6 heteroatoms. The molecule has 116 valence electrons. The SMILES string of the molecule is C[C@H](NCC(=O)Nc1ccc(Cl)cc1Cl)c1ccc(Cl)cc1. The van der Waals surface area contributed by atoms with Gasteiger partial charge in [-0.2, -0.15) is 0 Å². The lowest BCUT2D eigenvalue weighted by Gasteiger charge is -2.14. The number of carbonyl (C=O) groups excluding carboxylic acids is 1. The molecular weight excluding hydrogens is 343 g/mol. The standard InChI is InChI=1S/C16H15Cl3N2O/c1-10(11-2-4-12(17)5-3-11)20-9-16(22)21-15-7-6-13(18)8-14(15)19/h2-8,10,20H,9H2,1H3,(H,21,22)/t10-/m0/s1. The van der Waals surface area contributed by atoms with Crippen LogP contribution < -0.4 is 10.6 Å². The highest BCUT2D eigenvalue weighted by Gasteiger charge is 2.09. The summed E-state index contributed by atoms with van der Waals surface area (Å²) in [4.78, 5) is 12.0. The molecule has 0 aliphatic rings. The van der Waals surface area contributed by atoms with Gasteiger partial charge in [0.2, 0.25) is 5.91 Å². The van der Waals surface area contributed by atoms with E-state index in [9.17, 15) is 4.79 Å². The summed E-state index contributed by atoms with van der Waals surface area (Å²) in [6, 6.07) is 12.5. The van der Waals surface area contributed by atoms with Crippen molar-refractivity contribution in [1.29, 1.82) is 0 Å². The number of carbonyl (C=O) groups is 1. The largest absolute Gasteiger partial charge is 0.324 e. The predicted octanol–water partition coefficient (Wildman–Crippen LogP) is 4.94. The Morgan fingerprint density at radius 3 is 2.32 bits per heavy atom. The van der Waals surface area contributed by atoms with Gasteiger partial charge in [-0.15, -0.1) is 0 Å². The van der Waals surface area contributed by atoms with Crippen LogP contribution in [0.15, 0.2) is 42.5 Å². The number of amides is 1. The number of halogens is 3. The van der Waals surface area contributed by atoms with Gasteiger partial charge in [-0.3, -0.25) is 4.79 Å². The van der Waals surface area contributed by atoms with Crippen LogP contribution in [0.5, 0.6) is 0 Å².